The molecule has 528 valence electrons. The van der Waals surface area contributed by atoms with Crippen LogP contribution in [0.5, 0.6) is 0 Å². The lowest BCUT2D eigenvalue weighted by Gasteiger charge is -2.51. The predicted molar refractivity (Wildman–Crippen MR) is 313 cm³/mol. The van der Waals surface area contributed by atoms with Crippen molar-refractivity contribution in [3.63, 3.8) is 0 Å². The van der Waals surface area contributed by atoms with Gasteiger partial charge in [0.15, 0.2) is 37.7 Å². The van der Waals surface area contributed by atoms with Crippen LogP contribution in [0.2, 0.25) is 0 Å². The summed E-state index contributed by atoms with van der Waals surface area (Å²) in [4.78, 5) is 0. The maximum Gasteiger partial charge on any atom is 0.187 e. The Hall–Kier alpha value is -1.44. The van der Waals surface area contributed by atoms with Crippen LogP contribution in [0, 0.1) is 0 Å². The summed E-state index contributed by atoms with van der Waals surface area (Å²) in [5, 5.41) is 163. The highest BCUT2D eigenvalue weighted by Gasteiger charge is 2.59. The van der Waals surface area contributed by atoms with Crippen molar-refractivity contribution >= 4 is 0 Å². The topological polar surface area (TPSA) is 582 Å². The summed E-state index contributed by atoms with van der Waals surface area (Å²) in [6.07, 6.45) is -48.4. The molecule has 30 atom stereocenters. The lowest BCUT2D eigenvalue weighted by Crippen LogP contribution is -2.70. The molecule has 36 heteroatoms. The van der Waals surface area contributed by atoms with Gasteiger partial charge in [-0.15, -0.1) is 0 Å². The molecule has 30 N–H and O–H groups in total. The molecule has 0 amide bonds. The zero-order chi connectivity index (χ0) is 65.0. The van der Waals surface area contributed by atoms with Crippen molar-refractivity contribution in [2.45, 2.75) is 223 Å². The first-order chi connectivity index (χ1) is 43.4. The fourth-order valence-corrected chi connectivity index (χ4v) is 11.9. The second-order valence-corrected chi connectivity index (χ2v) is 23.8. The van der Waals surface area contributed by atoms with Gasteiger partial charge in [0.1, 0.15) is 146 Å². The summed E-state index contributed by atoms with van der Waals surface area (Å²) in [5.74, 6) is 0. The third-order valence-electron chi connectivity index (χ3n) is 17.0. The first-order valence-corrected chi connectivity index (χ1v) is 31.9. The van der Waals surface area contributed by atoms with Crippen LogP contribution in [-0.2, 0) is 56.8 Å². The molecule has 90 heavy (non-hydrogen) atoms. The molecule has 0 aromatic rings. The first-order valence-electron chi connectivity index (χ1n) is 31.9. The summed E-state index contributed by atoms with van der Waals surface area (Å²) in [6, 6.07) is 0. The van der Waals surface area contributed by atoms with E-state index in [1.54, 1.807) is 0 Å². The van der Waals surface area contributed by atoms with Crippen molar-refractivity contribution in [1.82, 2.24) is 31.9 Å². The highest BCUT2D eigenvalue weighted by atomic mass is 16.8. The van der Waals surface area contributed by atoms with Gasteiger partial charge in [-0.1, -0.05) is 0 Å². The van der Waals surface area contributed by atoms with E-state index in [9.17, 15) is 61.3 Å². The average Bonchev–Trinajstić information content (AvgIpc) is 0.866. The van der Waals surface area contributed by atoms with Crippen LogP contribution in [0.3, 0.4) is 0 Å². The molecule has 0 aliphatic carbocycles. The van der Waals surface area contributed by atoms with Crippen LogP contribution in [0.4, 0.5) is 0 Å². The van der Waals surface area contributed by atoms with E-state index in [0.29, 0.717) is 117 Å². The summed E-state index contributed by atoms with van der Waals surface area (Å²) < 4.78 is 76.2. The van der Waals surface area contributed by atoms with E-state index >= 15 is 0 Å². The molecule has 0 spiro atoms. The van der Waals surface area contributed by atoms with Crippen LogP contribution in [-0.4, -0.2) is 363 Å². The van der Waals surface area contributed by atoms with E-state index in [1.807, 2.05) is 0 Å². The number of nitrogens with one attached hydrogen (secondary N) is 6. The van der Waals surface area contributed by atoms with E-state index in [1.165, 1.54) is 0 Å². The van der Waals surface area contributed by atoms with E-state index in [2.05, 4.69) is 31.9 Å². The summed E-state index contributed by atoms with van der Waals surface area (Å²) in [5.41, 5.74) is 34.8. The van der Waals surface area contributed by atoms with Crippen molar-refractivity contribution in [2.24, 2.45) is 34.4 Å². The van der Waals surface area contributed by atoms with Crippen molar-refractivity contribution in [2.75, 3.05) is 118 Å². The highest BCUT2D eigenvalue weighted by molar-refractivity contribution is 5.02. The molecule has 22 heterocycles. The number of hydrogen-bond acceptors (Lipinski definition) is 36. The Labute approximate surface area is 523 Å². The number of hydrogen-bond donors (Lipinski definition) is 24. The normalized spacial score (nSPS) is 43.8. The number of ether oxygens (including phenoxy) is 12. The van der Waals surface area contributed by atoms with Crippen LogP contribution in [0.1, 0.15) is 38.5 Å². The maximum atomic E-state index is 12.1. The molecule has 0 aromatic carbocycles. The average molecular weight is 1310 g/mol. The molecule has 22 rings (SSSR count). The summed E-state index contributed by atoms with van der Waals surface area (Å²) in [7, 11) is 0. The maximum absolute atomic E-state index is 12.1. The molecule has 0 saturated carbocycles. The Morgan fingerprint density at radius 2 is 0.333 bits per heavy atom. The van der Waals surface area contributed by atoms with Gasteiger partial charge in [-0.3, -0.25) is 0 Å². The molecular weight excluding hydrogens is 1200 g/mol. The van der Waals surface area contributed by atoms with Gasteiger partial charge in [-0.05, 0) is 117 Å². The molecule has 22 fully saturated rings. The minimum absolute atomic E-state index is 0.111. The highest BCUT2D eigenvalue weighted by Crippen LogP contribution is 2.38. The van der Waals surface area contributed by atoms with Crippen molar-refractivity contribution in [3.8, 4) is 0 Å². The van der Waals surface area contributed by atoms with Crippen molar-refractivity contribution in [1.29, 1.82) is 0 Å². The van der Waals surface area contributed by atoms with Gasteiger partial charge in [0.05, 0.1) is 0 Å². The molecule has 12 bridgehead atoms. The Balaban J connectivity index is 1.28. The fourth-order valence-electron chi connectivity index (χ4n) is 11.9. The van der Waals surface area contributed by atoms with Gasteiger partial charge in [-0.25, -0.2) is 0 Å². The smallest absolute Gasteiger partial charge is 0.187 e. The third kappa shape index (κ3) is 19.9. The Morgan fingerprint density at radius 1 is 0.200 bits per heavy atom. The van der Waals surface area contributed by atoms with Gasteiger partial charge in [-0.2, -0.15) is 0 Å². The minimum Gasteiger partial charge on any atom is -0.387 e. The van der Waals surface area contributed by atoms with Gasteiger partial charge < -0.3 is 184 Å². The SMILES string of the molecule is NCCCNC[C@H]1O[C@@H]2O[C@H]3[C@H](O)[C@@H](O)[C@@H](O[C@H]4[C@H](O)[C@@H](O)[C@@H](O[C@H]5[C@H](O)[C@@H](O)[C@@H](O[C@H]6[C@H](O)[C@@H](O)[C@@H](O[C@H]7[C@H](O)[C@@H](O)[C@@H](O[C@H]1[C@H](O)[C@H]2O)O[C@@H]7CNCCCN)O[C@@H]6CNCCCN)O[C@@H]5CNCCCN)O[C@@H]4CNCCCN)O[C@@H]3CNCCCN. The first kappa shape index (κ1) is 75.9. The van der Waals surface area contributed by atoms with Gasteiger partial charge in [0.2, 0.25) is 0 Å². The Morgan fingerprint density at radius 3 is 0.456 bits per heavy atom. The Kier molecular flexibility index (Phi) is 32.5. The molecule has 0 unspecified atom stereocenters. The Bertz CT molecular complexity index is 1640. The summed E-state index contributed by atoms with van der Waals surface area (Å²) >= 11 is 0. The molecule has 36 nitrogen and oxygen atoms in total. The fraction of sp³-hybridized carbons (Fsp3) is 1.00. The lowest BCUT2D eigenvalue weighted by molar-refractivity contribution is -0.399. The van der Waals surface area contributed by atoms with Gasteiger partial charge in [0, 0.05) is 39.3 Å². The number of nitrogens with two attached hydrogens (primary N) is 6. The third-order valence-corrected chi connectivity index (χ3v) is 17.0. The molecular formula is C54H108N12O24. The molecule has 0 radical (unpaired) electrons. The zero-order valence-corrected chi connectivity index (χ0v) is 51.0. The van der Waals surface area contributed by atoms with E-state index < -0.39 is 184 Å². The monoisotopic (exact) mass is 1310 g/mol. The van der Waals surface area contributed by atoms with Crippen LogP contribution < -0.4 is 66.3 Å². The zero-order valence-electron chi connectivity index (χ0n) is 51.0. The lowest BCUT2D eigenvalue weighted by atomic mass is 9.94. The van der Waals surface area contributed by atoms with E-state index in [-0.39, 0.29) is 39.3 Å². The molecule has 22 aliphatic rings. The molecule has 22 saturated heterocycles. The number of aliphatic hydroxyl groups excluding tert-OH is 12. The second kappa shape index (κ2) is 38.5. The van der Waals surface area contributed by atoms with Crippen LogP contribution in [0.15, 0.2) is 0 Å². The van der Waals surface area contributed by atoms with Gasteiger partial charge in [0.25, 0.3) is 0 Å². The van der Waals surface area contributed by atoms with E-state index in [4.69, 9.17) is 91.2 Å². The number of aliphatic hydroxyl groups is 12. The van der Waals surface area contributed by atoms with Gasteiger partial charge >= 0.3 is 0 Å². The number of rotatable bonds is 30. The van der Waals surface area contributed by atoms with E-state index in [0.717, 1.165) is 0 Å². The quantitative estimate of drug-likeness (QED) is 0.0297. The largest absolute Gasteiger partial charge is 0.387 e. The van der Waals surface area contributed by atoms with Crippen molar-refractivity contribution in [3.05, 3.63) is 0 Å². The van der Waals surface area contributed by atoms with Crippen LogP contribution >= 0.6 is 0 Å². The standard InChI is InChI=1S/C54H108N12O24/c55-7-1-13-61-19-25-43-31(67)37(73)49(79-25)86-44-26(20-62-14-2-8-56)81-51(39(75)33(44)69)88-46-28(22-64-16-4-10-58)83-53(41(77)35(46)71)90-48-30(24-66-18-6-12-60)84-54(42(78)36(48)72)89-47-29(23-65-17-5-11-59)82-52(40(76)34(47)70)87-45-27(21-63-15-3-9-57)80-50(85-43)38(74)32(45)68/h25-54,61-78H,1-24,55-60H2/t25-,26-,27-,28-,29-,30-,31-,32-,33-,34-,35-,36-,37-,38-,39-,40-,41-,42-,43-,44-,45-,46-,47-,48-,49-,50-,51-,52-,53-,54-/m1/s1. The second-order valence-electron chi connectivity index (χ2n) is 23.8. The minimum atomic E-state index is -2.00. The van der Waals surface area contributed by atoms with Crippen LogP contribution in [0.25, 0.3) is 0 Å². The molecule has 0 aromatic heterocycles. The summed E-state index contributed by atoms with van der Waals surface area (Å²) in [6.45, 7) is 3.22. The molecule has 22 aliphatic heterocycles. The van der Waals surface area contributed by atoms with Crippen molar-refractivity contribution < 1.29 is 118 Å². The predicted octanol–water partition coefficient (Wildman–Crippen LogP) is -13.4.